The van der Waals surface area contributed by atoms with Crippen LogP contribution < -0.4 is 10.6 Å². The summed E-state index contributed by atoms with van der Waals surface area (Å²) >= 11 is 0. The van der Waals surface area contributed by atoms with Gasteiger partial charge in [-0.05, 0) is 38.2 Å². The number of halogens is 1. The van der Waals surface area contributed by atoms with Crippen LogP contribution in [0.2, 0.25) is 0 Å². The second-order valence-corrected chi connectivity index (χ2v) is 4.54. The molecule has 0 fully saturated rings. The Balaban J connectivity index is 0.00000484. The van der Waals surface area contributed by atoms with Gasteiger partial charge in [-0.2, -0.15) is 0 Å². The average Bonchev–Trinajstić information content (AvgIpc) is 2.53. The Bertz CT molecular complexity index is 529. The lowest BCUT2D eigenvalue weighted by atomic mass is 10.1. The smallest absolute Gasteiger partial charge is 0.337 e. The Hall–Kier alpha value is -2.12. The summed E-state index contributed by atoms with van der Waals surface area (Å²) in [7, 11) is 4.28. The number of carbonyl (C=O) groups is 3. The minimum absolute atomic E-state index is 0. The van der Waals surface area contributed by atoms with Crippen LogP contribution in [0.4, 0.5) is 5.69 Å². The minimum Gasteiger partial charge on any atom is -0.465 e. The topological polar surface area (TPSA) is 93.7 Å². The Morgan fingerprint density at radius 3 is 1.96 bits per heavy atom. The van der Waals surface area contributed by atoms with Crippen LogP contribution >= 0.6 is 12.4 Å². The summed E-state index contributed by atoms with van der Waals surface area (Å²) < 4.78 is 9.26. The van der Waals surface area contributed by atoms with Crippen molar-refractivity contribution in [3.05, 3.63) is 29.3 Å². The summed E-state index contributed by atoms with van der Waals surface area (Å²) in [5.41, 5.74) is 0.671. The molecule has 23 heavy (non-hydrogen) atoms. The van der Waals surface area contributed by atoms with E-state index in [-0.39, 0.29) is 29.4 Å². The van der Waals surface area contributed by atoms with E-state index in [9.17, 15) is 14.4 Å². The lowest BCUT2D eigenvalue weighted by molar-refractivity contribution is -0.116. The second-order valence-electron chi connectivity index (χ2n) is 4.54. The Morgan fingerprint density at radius 1 is 1.00 bits per heavy atom. The van der Waals surface area contributed by atoms with Gasteiger partial charge in [-0.3, -0.25) is 4.79 Å². The number of carbonyl (C=O) groups excluding carboxylic acids is 3. The molecule has 0 aromatic heterocycles. The standard InChI is InChI=1S/C15H20N2O5.ClH/c1-16-6-4-5-13(18)17-12-8-10(14(19)21-2)7-11(9-12)15(20)22-3;/h7-9,16H,4-6H2,1-3H3,(H,17,18);1H. The molecule has 7 nitrogen and oxygen atoms in total. The zero-order chi connectivity index (χ0) is 16.5. The van der Waals surface area contributed by atoms with Crippen molar-refractivity contribution in [3.8, 4) is 0 Å². The molecule has 0 aliphatic carbocycles. The van der Waals surface area contributed by atoms with E-state index in [0.29, 0.717) is 18.5 Å². The lowest BCUT2D eigenvalue weighted by Gasteiger charge is -2.09. The van der Waals surface area contributed by atoms with Crippen LogP contribution in [0, 0.1) is 0 Å². The van der Waals surface area contributed by atoms with Crippen molar-refractivity contribution in [3.63, 3.8) is 0 Å². The molecule has 0 unspecified atom stereocenters. The fraction of sp³-hybridized carbons (Fsp3) is 0.400. The molecule has 8 heteroatoms. The van der Waals surface area contributed by atoms with Crippen LogP contribution in [0.25, 0.3) is 0 Å². The molecule has 0 radical (unpaired) electrons. The zero-order valence-electron chi connectivity index (χ0n) is 13.3. The third kappa shape index (κ3) is 6.66. The molecular formula is C15H21ClN2O5. The number of hydrogen-bond acceptors (Lipinski definition) is 6. The van der Waals surface area contributed by atoms with Crippen LogP contribution in [0.3, 0.4) is 0 Å². The molecule has 0 spiro atoms. The number of benzene rings is 1. The largest absolute Gasteiger partial charge is 0.465 e. The van der Waals surface area contributed by atoms with E-state index in [4.69, 9.17) is 0 Å². The van der Waals surface area contributed by atoms with E-state index in [1.165, 1.54) is 32.4 Å². The molecule has 1 aromatic rings. The highest BCUT2D eigenvalue weighted by atomic mass is 35.5. The van der Waals surface area contributed by atoms with Gasteiger partial charge in [-0.15, -0.1) is 12.4 Å². The van der Waals surface area contributed by atoms with E-state index in [2.05, 4.69) is 20.1 Å². The van der Waals surface area contributed by atoms with Crippen molar-refractivity contribution in [2.24, 2.45) is 0 Å². The first-order valence-corrected chi connectivity index (χ1v) is 6.78. The summed E-state index contributed by atoms with van der Waals surface area (Å²) in [5.74, 6) is -1.40. The second kappa shape index (κ2) is 10.6. The fourth-order valence-corrected chi connectivity index (χ4v) is 1.82. The summed E-state index contributed by atoms with van der Waals surface area (Å²) in [6.45, 7) is 0.725. The zero-order valence-corrected chi connectivity index (χ0v) is 14.1. The van der Waals surface area contributed by atoms with Gasteiger partial charge in [0.1, 0.15) is 0 Å². The van der Waals surface area contributed by atoms with Crippen molar-refractivity contribution < 1.29 is 23.9 Å². The molecule has 0 heterocycles. The highest BCUT2D eigenvalue weighted by Gasteiger charge is 2.14. The number of ether oxygens (including phenoxy) is 2. The number of nitrogens with one attached hydrogen (secondary N) is 2. The van der Waals surface area contributed by atoms with Gasteiger partial charge in [0.15, 0.2) is 0 Å². The third-order valence-corrected chi connectivity index (χ3v) is 2.89. The predicted molar refractivity (Wildman–Crippen MR) is 88.2 cm³/mol. The molecule has 0 bridgehead atoms. The highest BCUT2D eigenvalue weighted by molar-refractivity contribution is 5.99. The molecule has 2 N–H and O–H groups in total. The third-order valence-electron chi connectivity index (χ3n) is 2.89. The van der Waals surface area contributed by atoms with E-state index in [0.717, 1.165) is 6.54 Å². The van der Waals surface area contributed by atoms with E-state index >= 15 is 0 Å². The van der Waals surface area contributed by atoms with Crippen LogP contribution in [0.1, 0.15) is 33.6 Å². The monoisotopic (exact) mass is 344 g/mol. The first-order valence-electron chi connectivity index (χ1n) is 6.78. The maximum absolute atomic E-state index is 11.8. The maximum Gasteiger partial charge on any atom is 0.337 e. The SMILES string of the molecule is CNCCCC(=O)Nc1cc(C(=O)OC)cc(C(=O)OC)c1.Cl. The van der Waals surface area contributed by atoms with Crippen LogP contribution in [-0.2, 0) is 14.3 Å². The van der Waals surface area contributed by atoms with E-state index < -0.39 is 11.9 Å². The molecule has 0 atom stereocenters. The molecule has 1 rings (SSSR count). The molecule has 0 saturated carbocycles. The number of rotatable bonds is 7. The van der Waals surface area contributed by atoms with Gasteiger partial charge in [0.05, 0.1) is 25.3 Å². The maximum atomic E-state index is 11.8. The normalized spacial score (nSPS) is 9.52. The average molecular weight is 345 g/mol. The molecule has 0 aliphatic heterocycles. The van der Waals surface area contributed by atoms with Gasteiger partial charge in [-0.25, -0.2) is 9.59 Å². The van der Waals surface area contributed by atoms with Gasteiger partial charge in [0, 0.05) is 12.1 Å². The van der Waals surface area contributed by atoms with Gasteiger partial charge in [0.25, 0.3) is 0 Å². The predicted octanol–water partition coefficient (Wildman–Crippen LogP) is 1.62. The quantitative estimate of drug-likeness (QED) is 0.576. The molecule has 0 aliphatic rings. The first-order chi connectivity index (χ1) is 10.5. The van der Waals surface area contributed by atoms with E-state index in [1.54, 1.807) is 7.05 Å². The Kier molecular flexibility index (Phi) is 9.60. The number of anilines is 1. The molecule has 1 amide bonds. The van der Waals surface area contributed by atoms with Crippen molar-refractivity contribution >= 4 is 35.9 Å². The Labute approximate surface area is 141 Å². The van der Waals surface area contributed by atoms with Gasteiger partial charge < -0.3 is 20.1 Å². The van der Waals surface area contributed by atoms with Crippen molar-refractivity contribution in [1.29, 1.82) is 0 Å². The van der Waals surface area contributed by atoms with Crippen LogP contribution in [0.5, 0.6) is 0 Å². The molecular weight excluding hydrogens is 324 g/mol. The number of methoxy groups -OCH3 is 2. The number of esters is 2. The van der Waals surface area contributed by atoms with Gasteiger partial charge >= 0.3 is 11.9 Å². The number of amides is 1. The summed E-state index contributed by atoms with van der Waals surface area (Å²) in [4.78, 5) is 35.1. The van der Waals surface area contributed by atoms with Gasteiger partial charge in [-0.1, -0.05) is 0 Å². The highest BCUT2D eigenvalue weighted by Crippen LogP contribution is 2.17. The molecule has 0 saturated heterocycles. The van der Waals surface area contributed by atoms with Crippen molar-refractivity contribution in [1.82, 2.24) is 5.32 Å². The number of hydrogen-bond donors (Lipinski definition) is 2. The van der Waals surface area contributed by atoms with Crippen LogP contribution in [0.15, 0.2) is 18.2 Å². The summed E-state index contributed by atoms with van der Waals surface area (Å²) in [5, 5.41) is 5.61. The first kappa shape index (κ1) is 20.9. The summed E-state index contributed by atoms with van der Waals surface area (Å²) in [6, 6.07) is 4.26. The summed E-state index contributed by atoms with van der Waals surface area (Å²) in [6.07, 6.45) is 1.01. The van der Waals surface area contributed by atoms with Crippen LogP contribution in [-0.4, -0.2) is 45.7 Å². The lowest BCUT2D eigenvalue weighted by Crippen LogP contribution is -2.16. The Morgan fingerprint density at radius 2 is 1.52 bits per heavy atom. The van der Waals surface area contributed by atoms with Crippen molar-refractivity contribution in [2.45, 2.75) is 12.8 Å². The van der Waals surface area contributed by atoms with Crippen molar-refractivity contribution in [2.75, 3.05) is 33.1 Å². The minimum atomic E-state index is -0.601. The molecule has 128 valence electrons. The molecule has 1 aromatic carbocycles. The van der Waals surface area contributed by atoms with E-state index in [1.807, 2.05) is 0 Å². The fourth-order valence-electron chi connectivity index (χ4n) is 1.82. The van der Waals surface area contributed by atoms with Gasteiger partial charge in [0.2, 0.25) is 5.91 Å².